The predicted octanol–water partition coefficient (Wildman–Crippen LogP) is 2.73. The third-order valence-corrected chi connectivity index (χ3v) is 3.20. The van der Waals surface area contributed by atoms with Gasteiger partial charge in [0, 0.05) is 5.92 Å². The van der Waals surface area contributed by atoms with Crippen LogP contribution in [0.15, 0.2) is 11.1 Å². The summed E-state index contributed by atoms with van der Waals surface area (Å²) in [6, 6.07) is 0. The van der Waals surface area contributed by atoms with Crippen molar-refractivity contribution >= 4 is 21.9 Å². The standard InChI is InChI=1S/C10H15BrO2/c1-5-13-9(12)8-7(6(2)11)10(8,3)4/h7-8H,2,5H2,1,3-4H3. The molecule has 1 aliphatic rings. The molecule has 1 fully saturated rings. The molecule has 0 amide bonds. The van der Waals surface area contributed by atoms with Gasteiger partial charge in [-0.3, -0.25) is 4.79 Å². The Bertz CT molecular complexity index is 245. The monoisotopic (exact) mass is 246 g/mol. The second-order valence-electron chi connectivity index (χ2n) is 3.98. The number of carbonyl (C=O) groups excluding carboxylic acids is 1. The highest BCUT2D eigenvalue weighted by Gasteiger charge is 2.63. The van der Waals surface area contributed by atoms with Gasteiger partial charge in [-0.15, -0.1) is 0 Å². The fourth-order valence-electron chi connectivity index (χ4n) is 1.89. The van der Waals surface area contributed by atoms with Gasteiger partial charge in [-0.2, -0.15) is 0 Å². The lowest BCUT2D eigenvalue weighted by Gasteiger charge is -2.01. The SMILES string of the molecule is C=C(Br)C1C(C(=O)OCC)C1(C)C. The lowest BCUT2D eigenvalue weighted by atomic mass is 10.1. The Morgan fingerprint density at radius 1 is 1.54 bits per heavy atom. The molecule has 0 aliphatic heterocycles. The molecular weight excluding hydrogens is 232 g/mol. The van der Waals surface area contributed by atoms with Crippen LogP contribution in [0, 0.1) is 17.3 Å². The van der Waals surface area contributed by atoms with Gasteiger partial charge in [-0.25, -0.2) is 0 Å². The van der Waals surface area contributed by atoms with Gasteiger partial charge < -0.3 is 4.74 Å². The quantitative estimate of drug-likeness (QED) is 0.717. The number of esters is 1. The summed E-state index contributed by atoms with van der Waals surface area (Å²) >= 11 is 3.33. The summed E-state index contributed by atoms with van der Waals surface area (Å²) in [6.07, 6.45) is 0. The Balaban J connectivity index is 2.65. The molecule has 0 saturated heterocycles. The normalized spacial score (nSPS) is 29.5. The lowest BCUT2D eigenvalue weighted by Crippen LogP contribution is -2.10. The summed E-state index contributed by atoms with van der Waals surface area (Å²) in [5.41, 5.74) is 0.00678. The first-order valence-corrected chi connectivity index (χ1v) is 5.23. The molecule has 0 aromatic heterocycles. The zero-order valence-electron chi connectivity index (χ0n) is 8.26. The molecule has 0 radical (unpaired) electrons. The van der Waals surface area contributed by atoms with Gasteiger partial charge in [-0.1, -0.05) is 36.4 Å². The maximum absolute atomic E-state index is 11.5. The summed E-state index contributed by atoms with van der Waals surface area (Å²) in [7, 11) is 0. The van der Waals surface area contributed by atoms with Gasteiger partial charge in [-0.05, 0) is 16.8 Å². The largest absolute Gasteiger partial charge is 0.466 e. The first-order valence-electron chi connectivity index (χ1n) is 4.43. The number of hydrogen-bond donors (Lipinski definition) is 0. The van der Waals surface area contributed by atoms with E-state index in [9.17, 15) is 4.79 Å². The molecule has 1 saturated carbocycles. The molecule has 2 unspecified atom stereocenters. The lowest BCUT2D eigenvalue weighted by molar-refractivity contribution is -0.145. The van der Waals surface area contributed by atoms with Crippen molar-refractivity contribution in [3.63, 3.8) is 0 Å². The zero-order chi connectivity index (χ0) is 10.2. The van der Waals surface area contributed by atoms with E-state index in [2.05, 4.69) is 36.4 Å². The van der Waals surface area contributed by atoms with Gasteiger partial charge in [0.2, 0.25) is 0 Å². The van der Waals surface area contributed by atoms with E-state index in [-0.39, 0.29) is 23.2 Å². The van der Waals surface area contributed by atoms with Gasteiger partial charge in [0.25, 0.3) is 0 Å². The Labute approximate surface area is 87.5 Å². The van der Waals surface area contributed by atoms with E-state index < -0.39 is 0 Å². The molecule has 13 heavy (non-hydrogen) atoms. The maximum Gasteiger partial charge on any atom is 0.310 e. The van der Waals surface area contributed by atoms with Gasteiger partial charge in [0.1, 0.15) is 0 Å². The van der Waals surface area contributed by atoms with Crippen LogP contribution in [0.2, 0.25) is 0 Å². The minimum atomic E-state index is -0.0990. The van der Waals surface area contributed by atoms with Crippen molar-refractivity contribution in [2.45, 2.75) is 20.8 Å². The number of ether oxygens (including phenoxy) is 1. The molecule has 0 bridgehead atoms. The minimum Gasteiger partial charge on any atom is -0.466 e. The van der Waals surface area contributed by atoms with E-state index in [4.69, 9.17) is 4.74 Å². The molecule has 0 heterocycles. The zero-order valence-corrected chi connectivity index (χ0v) is 9.85. The third kappa shape index (κ3) is 1.80. The highest BCUT2D eigenvalue weighted by atomic mass is 79.9. The van der Waals surface area contributed by atoms with E-state index in [1.54, 1.807) is 0 Å². The number of rotatable bonds is 3. The van der Waals surface area contributed by atoms with Crippen molar-refractivity contribution in [3.05, 3.63) is 11.1 Å². The Hall–Kier alpha value is -0.310. The van der Waals surface area contributed by atoms with Crippen molar-refractivity contribution in [1.82, 2.24) is 0 Å². The Kier molecular flexibility index (Phi) is 2.85. The van der Waals surface area contributed by atoms with E-state index in [0.29, 0.717) is 6.61 Å². The molecule has 0 aromatic carbocycles. The van der Waals surface area contributed by atoms with Crippen LogP contribution < -0.4 is 0 Å². The predicted molar refractivity (Wildman–Crippen MR) is 55.5 cm³/mol. The molecule has 0 spiro atoms. The van der Waals surface area contributed by atoms with Crippen LogP contribution in [0.25, 0.3) is 0 Å². The summed E-state index contributed by atoms with van der Waals surface area (Å²) in [5.74, 6) is 0.115. The minimum absolute atomic E-state index is 0.00678. The number of carbonyl (C=O) groups is 1. The van der Waals surface area contributed by atoms with E-state index >= 15 is 0 Å². The van der Waals surface area contributed by atoms with E-state index in [1.807, 2.05) is 6.92 Å². The first kappa shape index (κ1) is 10.8. The van der Waals surface area contributed by atoms with Crippen molar-refractivity contribution in [1.29, 1.82) is 0 Å². The van der Waals surface area contributed by atoms with Crippen molar-refractivity contribution in [3.8, 4) is 0 Å². The fraction of sp³-hybridized carbons (Fsp3) is 0.700. The van der Waals surface area contributed by atoms with Crippen LogP contribution in [0.3, 0.4) is 0 Å². The molecule has 3 heteroatoms. The summed E-state index contributed by atoms with van der Waals surface area (Å²) < 4.78 is 5.88. The second kappa shape index (κ2) is 3.45. The van der Waals surface area contributed by atoms with Gasteiger partial charge in [0.15, 0.2) is 0 Å². The smallest absolute Gasteiger partial charge is 0.310 e. The summed E-state index contributed by atoms with van der Waals surface area (Å²) in [5, 5.41) is 0. The highest BCUT2D eigenvalue weighted by molar-refractivity contribution is 9.11. The van der Waals surface area contributed by atoms with Crippen molar-refractivity contribution in [2.24, 2.45) is 17.3 Å². The van der Waals surface area contributed by atoms with Crippen molar-refractivity contribution in [2.75, 3.05) is 6.61 Å². The second-order valence-corrected chi connectivity index (χ2v) is 4.99. The molecule has 0 N–H and O–H groups in total. The van der Waals surface area contributed by atoms with Gasteiger partial charge >= 0.3 is 5.97 Å². The molecule has 2 atom stereocenters. The Morgan fingerprint density at radius 3 is 2.38 bits per heavy atom. The number of hydrogen-bond acceptors (Lipinski definition) is 2. The summed E-state index contributed by atoms with van der Waals surface area (Å²) in [4.78, 5) is 11.5. The van der Waals surface area contributed by atoms with Crippen LogP contribution in [-0.4, -0.2) is 12.6 Å². The highest BCUT2D eigenvalue weighted by Crippen LogP contribution is 2.62. The Morgan fingerprint density at radius 2 is 2.08 bits per heavy atom. The van der Waals surface area contributed by atoms with Crippen LogP contribution in [0.5, 0.6) is 0 Å². The average molecular weight is 247 g/mol. The molecule has 1 rings (SSSR count). The molecule has 0 aromatic rings. The molecule has 1 aliphatic carbocycles. The first-order chi connectivity index (χ1) is 5.92. The number of halogens is 1. The van der Waals surface area contributed by atoms with E-state index in [1.165, 1.54) is 0 Å². The average Bonchev–Trinajstić information content (AvgIpc) is 2.54. The third-order valence-electron chi connectivity index (χ3n) is 2.71. The van der Waals surface area contributed by atoms with Crippen LogP contribution in [-0.2, 0) is 9.53 Å². The molecule has 2 nitrogen and oxygen atoms in total. The van der Waals surface area contributed by atoms with Crippen molar-refractivity contribution < 1.29 is 9.53 Å². The topological polar surface area (TPSA) is 26.3 Å². The molecular formula is C10H15BrO2. The van der Waals surface area contributed by atoms with Gasteiger partial charge in [0.05, 0.1) is 12.5 Å². The fourth-order valence-corrected chi connectivity index (χ4v) is 2.75. The van der Waals surface area contributed by atoms with Crippen LogP contribution in [0.1, 0.15) is 20.8 Å². The summed E-state index contributed by atoms with van der Waals surface area (Å²) in [6.45, 7) is 10.2. The van der Waals surface area contributed by atoms with Crippen LogP contribution >= 0.6 is 15.9 Å². The maximum atomic E-state index is 11.5. The van der Waals surface area contributed by atoms with E-state index in [0.717, 1.165) is 4.48 Å². The molecule has 74 valence electrons. The number of allylic oxidation sites excluding steroid dienone is 1. The van der Waals surface area contributed by atoms with Crippen LogP contribution in [0.4, 0.5) is 0 Å².